The van der Waals surface area contributed by atoms with Crippen molar-refractivity contribution in [2.24, 2.45) is 0 Å². The summed E-state index contributed by atoms with van der Waals surface area (Å²) in [4.78, 5) is 22.7. The van der Waals surface area contributed by atoms with Gasteiger partial charge in [-0.25, -0.2) is 9.18 Å². The van der Waals surface area contributed by atoms with Gasteiger partial charge in [0.2, 0.25) is 0 Å². The number of aromatic carboxylic acids is 1. The highest BCUT2D eigenvalue weighted by molar-refractivity contribution is 6.02. The van der Waals surface area contributed by atoms with E-state index in [0.717, 1.165) is 0 Å². The average molecular weight is 249 g/mol. The third kappa shape index (κ3) is 1.36. The van der Waals surface area contributed by atoms with E-state index in [2.05, 4.69) is 5.32 Å². The first kappa shape index (κ1) is 11.2. The van der Waals surface area contributed by atoms with Crippen LogP contribution in [0, 0.1) is 0 Å². The molecule has 1 heterocycles. The number of amides is 1. The molecule has 0 radical (unpaired) electrons. The number of benzene rings is 1. The number of carboxylic acid groups (broad SMARTS) is 1. The van der Waals surface area contributed by atoms with Crippen LogP contribution >= 0.6 is 0 Å². The number of nitrogens with one attached hydrogen (secondary N) is 1. The van der Waals surface area contributed by atoms with Crippen molar-refractivity contribution in [3.8, 4) is 0 Å². The fourth-order valence-corrected chi connectivity index (χ4v) is 2.97. The lowest BCUT2D eigenvalue weighted by Crippen LogP contribution is -2.44. The van der Waals surface area contributed by atoms with Crippen LogP contribution in [-0.2, 0) is 4.79 Å². The minimum absolute atomic E-state index is 0.0957. The standard InChI is InChI=1S/C13H12FNO3/c14-13-5-1-2-9(13)8-4-3-7(11(16)17)6-10(8)15-12(13)18/h3-4,6,9H,1-2,5H2,(H,15,18)(H,16,17). The topological polar surface area (TPSA) is 66.4 Å². The maximum absolute atomic E-state index is 14.6. The molecule has 1 aromatic carbocycles. The maximum atomic E-state index is 14.6. The molecule has 0 bridgehead atoms. The zero-order valence-corrected chi connectivity index (χ0v) is 9.57. The summed E-state index contributed by atoms with van der Waals surface area (Å²) in [6.45, 7) is 0. The molecule has 1 aromatic rings. The SMILES string of the molecule is O=C(O)c1ccc2c(c1)NC(=O)C1(F)CCCC21. The second-order valence-corrected chi connectivity index (χ2v) is 4.87. The molecule has 3 rings (SSSR count). The first-order valence-electron chi connectivity index (χ1n) is 5.90. The predicted octanol–water partition coefficient (Wildman–Crippen LogP) is 2.31. The molecule has 0 spiro atoms. The molecule has 2 unspecified atom stereocenters. The third-order valence-electron chi connectivity index (χ3n) is 3.89. The minimum atomic E-state index is -1.82. The Bertz CT molecular complexity index is 557. The Morgan fingerprint density at radius 2 is 2.28 bits per heavy atom. The molecule has 0 aromatic heterocycles. The molecule has 5 heteroatoms. The minimum Gasteiger partial charge on any atom is -0.478 e. The predicted molar refractivity (Wildman–Crippen MR) is 62.5 cm³/mol. The highest BCUT2D eigenvalue weighted by Gasteiger charge is 2.53. The fraction of sp³-hybridized carbons (Fsp3) is 0.385. The van der Waals surface area contributed by atoms with Gasteiger partial charge in [-0.2, -0.15) is 0 Å². The Balaban J connectivity index is 2.12. The second kappa shape index (κ2) is 3.54. The number of carbonyl (C=O) groups excluding carboxylic acids is 1. The van der Waals surface area contributed by atoms with E-state index in [-0.39, 0.29) is 12.0 Å². The van der Waals surface area contributed by atoms with E-state index in [1.165, 1.54) is 12.1 Å². The molecule has 2 N–H and O–H groups in total. The molecule has 1 aliphatic carbocycles. The molecule has 18 heavy (non-hydrogen) atoms. The summed E-state index contributed by atoms with van der Waals surface area (Å²) in [5.74, 6) is -2.14. The van der Waals surface area contributed by atoms with Gasteiger partial charge in [0.25, 0.3) is 5.91 Å². The number of halogens is 1. The van der Waals surface area contributed by atoms with Crippen molar-refractivity contribution in [3.05, 3.63) is 29.3 Å². The summed E-state index contributed by atoms with van der Waals surface area (Å²) >= 11 is 0. The van der Waals surface area contributed by atoms with E-state index < -0.39 is 23.5 Å². The Labute approximate surface area is 103 Å². The molecule has 2 aliphatic rings. The van der Waals surface area contributed by atoms with Crippen LogP contribution in [-0.4, -0.2) is 22.7 Å². The van der Waals surface area contributed by atoms with Gasteiger partial charge in [0, 0.05) is 11.6 Å². The van der Waals surface area contributed by atoms with Gasteiger partial charge in [-0.3, -0.25) is 4.79 Å². The van der Waals surface area contributed by atoms with E-state index in [9.17, 15) is 14.0 Å². The van der Waals surface area contributed by atoms with Crippen molar-refractivity contribution in [2.75, 3.05) is 5.32 Å². The van der Waals surface area contributed by atoms with Gasteiger partial charge in [0.05, 0.1) is 5.56 Å². The van der Waals surface area contributed by atoms with E-state index in [0.29, 0.717) is 24.1 Å². The van der Waals surface area contributed by atoms with Gasteiger partial charge in [0.1, 0.15) is 0 Å². The van der Waals surface area contributed by atoms with Crippen LogP contribution in [0.1, 0.15) is 41.1 Å². The summed E-state index contributed by atoms with van der Waals surface area (Å²) < 4.78 is 14.6. The number of carboxylic acids is 1. The molecule has 1 amide bonds. The third-order valence-corrected chi connectivity index (χ3v) is 3.89. The molecule has 4 nitrogen and oxygen atoms in total. The molecule has 94 valence electrons. The summed E-state index contributed by atoms with van der Waals surface area (Å²) in [5, 5.41) is 11.4. The first-order valence-corrected chi connectivity index (χ1v) is 5.90. The lowest BCUT2D eigenvalue weighted by Gasteiger charge is -2.33. The highest BCUT2D eigenvalue weighted by Crippen LogP contribution is 2.51. The van der Waals surface area contributed by atoms with Crippen molar-refractivity contribution < 1.29 is 19.1 Å². The van der Waals surface area contributed by atoms with Gasteiger partial charge in [-0.05, 0) is 37.0 Å². The highest BCUT2D eigenvalue weighted by atomic mass is 19.1. The number of fused-ring (bicyclic) bond motifs is 3. The quantitative estimate of drug-likeness (QED) is 0.802. The molecule has 2 atom stereocenters. The number of hydrogen-bond acceptors (Lipinski definition) is 2. The zero-order chi connectivity index (χ0) is 12.9. The lowest BCUT2D eigenvalue weighted by molar-refractivity contribution is -0.128. The second-order valence-electron chi connectivity index (χ2n) is 4.87. The van der Waals surface area contributed by atoms with Crippen LogP contribution in [0.5, 0.6) is 0 Å². The van der Waals surface area contributed by atoms with Crippen LogP contribution in [0.4, 0.5) is 10.1 Å². The smallest absolute Gasteiger partial charge is 0.335 e. The van der Waals surface area contributed by atoms with Gasteiger partial charge in [0.15, 0.2) is 5.67 Å². The van der Waals surface area contributed by atoms with Crippen LogP contribution in [0.25, 0.3) is 0 Å². The summed E-state index contributed by atoms with van der Waals surface area (Å²) in [6, 6.07) is 4.47. The Hall–Kier alpha value is -1.91. The van der Waals surface area contributed by atoms with Gasteiger partial charge in [-0.15, -0.1) is 0 Å². The van der Waals surface area contributed by atoms with Crippen molar-refractivity contribution in [1.82, 2.24) is 0 Å². The summed E-state index contributed by atoms with van der Waals surface area (Å²) in [7, 11) is 0. The van der Waals surface area contributed by atoms with E-state index in [1.807, 2.05) is 0 Å². The molecular formula is C13H12FNO3. The van der Waals surface area contributed by atoms with Crippen LogP contribution in [0.15, 0.2) is 18.2 Å². The van der Waals surface area contributed by atoms with Crippen LogP contribution in [0.3, 0.4) is 0 Å². The van der Waals surface area contributed by atoms with Crippen LogP contribution < -0.4 is 5.32 Å². The number of carbonyl (C=O) groups is 2. The first-order chi connectivity index (χ1) is 8.52. The largest absolute Gasteiger partial charge is 0.478 e. The van der Waals surface area contributed by atoms with Crippen LogP contribution in [0.2, 0.25) is 0 Å². The Morgan fingerprint density at radius 1 is 1.50 bits per heavy atom. The maximum Gasteiger partial charge on any atom is 0.335 e. The van der Waals surface area contributed by atoms with E-state index >= 15 is 0 Å². The number of anilines is 1. The zero-order valence-electron chi connectivity index (χ0n) is 9.57. The number of rotatable bonds is 1. The van der Waals surface area contributed by atoms with Gasteiger partial charge >= 0.3 is 5.97 Å². The Kier molecular flexibility index (Phi) is 2.20. The number of alkyl halides is 1. The van der Waals surface area contributed by atoms with Crippen molar-refractivity contribution in [1.29, 1.82) is 0 Å². The molecule has 1 aliphatic heterocycles. The van der Waals surface area contributed by atoms with Gasteiger partial charge < -0.3 is 10.4 Å². The van der Waals surface area contributed by atoms with Gasteiger partial charge in [-0.1, -0.05) is 6.07 Å². The normalized spacial score (nSPS) is 29.4. The Morgan fingerprint density at radius 3 is 3.00 bits per heavy atom. The lowest BCUT2D eigenvalue weighted by atomic mass is 9.81. The molecule has 0 saturated heterocycles. The molecule has 1 saturated carbocycles. The summed E-state index contributed by atoms with van der Waals surface area (Å²) in [6.07, 6.45) is 1.54. The van der Waals surface area contributed by atoms with Crippen molar-refractivity contribution >= 4 is 17.6 Å². The molecular weight excluding hydrogens is 237 g/mol. The van der Waals surface area contributed by atoms with E-state index in [4.69, 9.17) is 5.11 Å². The molecule has 1 fully saturated rings. The van der Waals surface area contributed by atoms with E-state index in [1.54, 1.807) is 6.07 Å². The number of hydrogen-bond donors (Lipinski definition) is 2. The average Bonchev–Trinajstić information content (AvgIpc) is 2.72. The fourth-order valence-electron chi connectivity index (χ4n) is 2.97. The monoisotopic (exact) mass is 249 g/mol. The summed E-state index contributed by atoms with van der Waals surface area (Å²) in [5.41, 5.74) is -0.587. The van der Waals surface area contributed by atoms with Crippen molar-refractivity contribution in [3.63, 3.8) is 0 Å². The van der Waals surface area contributed by atoms with Crippen molar-refractivity contribution in [2.45, 2.75) is 30.8 Å².